The van der Waals surface area contributed by atoms with Crippen LogP contribution in [-0.2, 0) is 6.54 Å². The van der Waals surface area contributed by atoms with Crippen LogP contribution in [0.3, 0.4) is 0 Å². The number of halogens is 2. The third-order valence-corrected chi connectivity index (χ3v) is 3.50. The summed E-state index contributed by atoms with van der Waals surface area (Å²) >= 11 is 11.9. The highest BCUT2D eigenvalue weighted by molar-refractivity contribution is 6.35. The average molecular weight is 296 g/mol. The molecule has 0 heterocycles. The van der Waals surface area contributed by atoms with Crippen LogP contribution in [0.4, 0.5) is 5.69 Å². The predicted octanol–water partition coefficient (Wildman–Crippen LogP) is 4.64. The quantitative estimate of drug-likeness (QED) is 0.891. The van der Waals surface area contributed by atoms with Crippen LogP contribution in [0.1, 0.15) is 11.1 Å². The van der Waals surface area contributed by atoms with Crippen LogP contribution in [0.25, 0.3) is 0 Å². The Bertz CT molecular complexity index is 581. The summed E-state index contributed by atoms with van der Waals surface area (Å²) in [7, 11) is 1.96. The van der Waals surface area contributed by atoms with Gasteiger partial charge in [0.25, 0.3) is 0 Å². The Labute approximate surface area is 123 Å². The van der Waals surface area contributed by atoms with E-state index in [0.717, 1.165) is 5.69 Å². The fraction of sp³-hybridized carbons (Fsp3) is 0.200. The molecule has 0 aliphatic heterocycles. The molecule has 2 nitrogen and oxygen atoms in total. The van der Waals surface area contributed by atoms with E-state index < -0.39 is 0 Å². The molecule has 4 heteroatoms. The molecular weight excluding hydrogens is 281 g/mol. The van der Waals surface area contributed by atoms with Crippen LogP contribution in [0.15, 0.2) is 36.4 Å². The largest absolute Gasteiger partial charge is 0.506 e. The van der Waals surface area contributed by atoms with Crippen molar-refractivity contribution in [2.24, 2.45) is 0 Å². The number of hydrogen-bond donors (Lipinski definition) is 1. The van der Waals surface area contributed by atoms with Gasteiger partial charge in [-0.3, -0.25) is 0 Å². The number of aryl methyl sites for hydroxylation is 1. The lowest BCUT2D eigenvalue weighted by Crippen LogP contribution is -2.16. The molecule has 19 heavy (non-hydrogen) atoms. The molecule has 2 rings (SSSR count). The number of hydrogen-bond acceptors (Lipinski definition) is 2. The van der Waals surface area contributed by atoms with Gasteiger partial charge in [0.1, 0.15) is 5.75 Å². The molecule has 0 radical (unpaired) electrons. The highest BCUT2D eigenvalue weighted by atomic mass is 35.5. The number of nitrogens with zero attached hydrogens (tertiary/aromatic N) is 1. The van der Waals surface area contributed by atoms with E-state index >= 15 is 0 Å². The molecule has 0 saturated carbocycles. The number of rotatable bonds is 3. The molecule has 1 N–H and O–H groups in total. The second-order valence-electron chi connectivity index (χ2n) is 4.59. The Morgan fingerprint density at radius 3 is 2.37 bits per heavy atom. The van der Waals surface area contributed by atoms with E-state index in [4.69, 9.17) is 23.2 Å². The zero-order valence-electron chi connectivity index (χ0n) is 10.8. The molecule has 0 aliphatic carbocycles. The second kappa shape index (κ2) is 5.72. The van der Waals surface area contributed by atoms with Gasteiger partial charge in [0, 0.05) is 29.9 Å². The predicted molar refractivity (Wildman–Crippen MR) is 81.4 cm³/mol. The first-order chi connectivity index (χ1) is 8.97. The highest BCUT2D eigenvalue weighted by Crippen LogP contribution is 2.32. The van der Waals surface area contributed by atoms with Crippen molar-refractivity contribution in [2.75, 3.05) is 11.9 Å². The Morgan fingerprint density at radius 1 is 1.11 bits per heavy atom. The van der Waals surface area contributed by atoms with Crippen LogP contribution >= 0.6 is 23.2 Å². The summed E-state index contributed by atoms with van der Waals surface area (Å²) in [6.07, 6.45) is 0. The molecule has 0 fully saturated rings. The highest BCUT2D eigenvalue weighted by Gasteiger charge is 2.10. The maximum absolute atomic E-state index is 9.94. The van der Waals surface area contributed by atoms with Crippen molar-refractivity contribution in [3.05, 3.63) is 57.6 Å². The summed E-state index contributed by atoms with van der Waals surface area (Å²) in [5, 5.41) is 10.7. The molecule has 0 spiro atoms. The molecule has 0 saturated heterocycles. The maximum Gasteiger partial charge on any atom is 0.139 e. The molecule has 0 aromatic heterocycles. The van der Waals surface area contributed by atoms with E-state index in [0.29, 0.717) is 17.1 Å². The minimum Gasteiger partial charge on any atom is -0.506 e. The smallest absolute Gasteiger partial charge is 0.139 e. The Kier molecular flexibility index (Phi) is 4.23. The van der Waals surface area contributed by atoms with Crippen molar-refractivity contribution >= 4 is 28.9 Å². The summed E-state index contributed by atoms with van der Waals surface area (Å²) in [5.74, 6) is 0.0880. The topological polar surface area (TPSA) is 23.5 Å². The molecule has 0 aliphatic rings. The van der Waals surface area contributed by atoms with E-state index in [1.54, 1.807) is 6.07 Å². The number of phenolic OH excluding ortho intramolecular Hbond substituents is 1. The van der Waals surface area contributed by atoms with Gasteiger partial charge in [-0.25, -0.2) is 0 Å². The van der Waals surface area contributed by atoms with E-state index in [1.807, 2.05) is 31.0 Å². The monoisotopic (exact) mass is 295 g/mol. The fourth-order valence-corrected chi connectivity index (χ4v) is 2.42. The molecule has 0 unspecified atom stereocenters. The van der Waals surface area contributed by atoms with Crippen LogP contribution in [0.2, 0.25) is 10.0 Å². The van der Waals surface area contributed by atoms with Crippen molar-refractivity contribution in [3.8, 4) is 5.75 Å². The Hall–Kier alpha value is -1.38. The standard InChI is InChI=1S/C15H15Cl2NO/c1-10-3-5-13(6-4-10)18(2)9-11-7-12(16)8-14(17)15(11)19/h3-8,19H,9H2,1-2H3. The molecule has 0 bridgehead atoms. The van der Waals surface area contributed by atoms with E-state index in [2.05, 4.69) is 12.1 Å². The summed E-state index contributed by atoms with van der Waals surface area (Å²) in [6, 6.07) is 11.5. The first kappa shape index (κ1) is 14.0. The molecule has 0 atom stereocenters. The zero-order valence-corrected chi connectivity index (χ0v) is 12.3. The van der Waals surface area contributed by atoms with Gasteiger partial charge < -0.3 is 10.0 Å². The van der Waals surface area contributed by atoms with Crippen molar-refractivity contribution in [2.45, 2.75) is 13.5 Å². The normalized spacial score (nSPS) is 10.5. The van der Waals surface area contributed by atoms with Gasteiger partial charge in [-0.1, -0.05) is 40.9 Å². The number of anilines is 1. The van der Waals surface area contributed by atoms with Crippen molar-refractivity contribution in [1.82, 2.24) is 0 Å². The molecule has 0 amide bonds. The minimum atomic E-state index is 0.0880. The molecule has 100 valence electrons. The maximum atomic E-state index is 9.94. The zero-order chi connectivity index (χ0) is 14.0. The first-order valence-electron chi connectivity index (χ1n) is 5.92. The Balaban J connectivity index is 2.23. The van der Waals surface area contributed by atoms with Crippen LogP contribution < -0.4 is 4.90 Å². The average Bonchev–Trinajstić information content (AvgIpc) is 2.36. The fourth-order valence-electron chi connectivity index (χ4n) is 1.89. The van der Waals surface area contributed by atoms with Gasteiger partial charge in [0.15, 0.2) is 0 Å². The van der Waals surface area contributed by atoms with Crippen molar-refractivity contribution < 1.29 is 5.11 Å². The van der Waals surface area contributed by atoms with Crippen molar-refractivity contribution in [3.63, 3.8) is 0 Å². The third-order valence-electron chi connectivity index (χ3n) is 2.99. The number of benzene rings is 2. The summed E-state index contributed by atoms with van der Waals surface area (Å²) in [6.45, 7) is 2.58. The summed E-state index contributed by atoms with van der Waals surface area (Å²) in [5.41, 5.74) is 2.99. The van der Waals surface area contributed by atoms with Gasteiger partial charge in [-0.15, -0.1) is 0 Å². The summed E-state index contributed by atoms with van der Waals surface area (Å²) in [4.78, 5) is 2.03. The van der Waals surface area contributed by atoms with Crippen LogP contribution in [-0.4, -0.2) is 12.2 Å². The van der Waals surface area contributed by atoms with Gasteiger partial charge in [0.2, 0.25) is 0 Å². The van der Waals surface area contributed by atoms with E-state index in [-0.39, 0.29) is 10.8 Å². The van der Waals surface area contributed by atoms with Gasteiger partial charge in [0.05, 0.1) is 5.02 Å². The van der Waals surface area contributed by atoms with E-state index in [9.17, 15) is 5.11 Å². The van der Waals surface area contributed by atoms with Gasteiger partial charge in [-0.05, 0) is 31.2 Å². The van der Waals surface area contributed by atoms with Crippen molar-refractivity contribution in [1.29, 1.82) is 0 Å². The lowest BCUT2D eigenvalue weighted by molar-refractivity contribution is 0.468. The van der Waals surface area contributed by atoms with Crippen LogP contribution in [0.5, 0.6) is 5.75 Å². The minimum absolute atomic E-state index is 0.0880. The molecular formula is C15H15Cl2NO. The third kappa shape index (κ3) is 3.34. The Morgan fingerprint density at radius 2 is 1.74 bits per heavy atom. The number of phenols is 1. The van der Waals surface area contributed by atoms with E-state index in [1.165, 1.54) is 11.6 Å². The SMILES string of the molecule is Cc1ccc(N(C)Cc2cc(Cl)cc(Cl)c2O)cc1. The molecule has 2 aromatic rings. The molecule has 2 aromatic carbocycles. The first-order valence-corrected chi connectivity index (χ1v) is 6.67. The number of aromatic hydroxyl groups is 1. The lowest BCUT2D eigenvalue weighted by atomic mass is 10.1. The van der Waals surface area contributed by atoms with Gasteiger partial charge >= 0.3 is 0 Å². The summed E-state index contributed by atoms with van der Waals surface area (Å²) < 4.78 is 0. The van der Waals surface area contributed by atoms with Gasteiger partial charge in [-0.2, -0.15) is 0 Å². The van der Waals surface area contributed by atoms with Crippen LogP contribution in [0, 0.1) is 6.92 Å². The lowest BCUT2D eigenvalue weighted by Gasteiger charge is -2.20. The second-order valence-corrected chi connectivity index (χ2v) is 5.43.